The Morgan fingerprint density at radius 1 is 0.646 bits per heavy atom. The van der Waals surface area contributed by atoms with Crippen molar-refractivity contribution in [3.63, 3.8) is 0 Å². The lowest BCUT2D eigenvalue weighted by Gasteiger charge is -2.24. The molecule has 5 heterocycles. The molecule has 1 unspecified atom stereocenters. The number of rotatable bonds is 14. The van der Waals surface area contributed by atoms with Crippen molar-refractivity contribution in [2.45, 2.75) is 19.1 Å². The maximum absolute atomic E-state index is 14.0. The highest BCUT2D eigenvalue weighted by atomic mass is 32.1. The van der Waals surface area contributed by atoms with Gasteiger partial charge in [-0.15, -0.1) is 0 Å². The van der Waals surface area contributed by atoms with Gasteiger partial charge in [0.05, 0.1) is 38.5 Å². The summed E-state index contributed by atoms with van der Waals surface area (Å²) < 4.78 is 19.8. The normalized spacial score (nSPS) is 12.2. The second kappa shape index (κ2) is 17.8. The molecule has 2 atom stereocenters. The molecule has 0 fully saturated rings. The molecule has 3 N–H and O–H groups in total. The summed E-state index contributed by atoms with van der Waals surface area (Å²) in [4.78, 5) is 53.3. The molecule has 0 aliphatic heterocycles. The minimum Gasteiger partial charge on any atom is -0.438 e. The number of aromatic amines is 1. The van der Waals surface area contributed by atoms with Gasteiger partial charge < -0.3 is 29.8 Å². The van der Waals surface area contributed by atoms with Crippen LogP contribution in [0.2, 0.25) is 0 Å². The fraction of sp³-hybridized carbons (Fsp3) is 0.0784. The average Bonchev–Trinajstić information content (AvgIpc) is 3.97. The number of aromatic nitrogens is 6. The van der Waals surface area contributed by atoms with Gasteiger partial charge in [0.1, 0.15) is 23.2 Å². The Morgan fingerprint density at radius 3 is 2.17 bits per heavy atom. The highest BCUT2D eigenvalue weighted by Gasteiger charge is 2.26. The van der Waals surface area contributed by atoms with E-state index in [1.165, 1.54) is 0 Å². The van der Waals surface area contributed by atoms with Crippen molar-refractivity contribution in [3.8, 4) is 34.4 Å². The molecule has 0 radical (unpaired) electrons. The summed E-state index contributed by atoms with van der Waals surface area (Å²) in [7, 11) is 1.57. The molecule has 0 saturated heterocycles. The quantitative estimate of drug-likeness (QED) is 0.0890. The third-order valence-electron chi connectivity index (χ3n) is 10.7. The molecule has 0 bridgehead atoms. The molecule has 0 aliphatic rings. The number of carbonyl (C=O) groups excluding carboxylic acids is 2. The molecule has 0 spiro atoms. The molecule has 318 valence electrons. The number of ketones is 1. The number of hydrogen-bond donors (Lipinski definition) is 3. The summed E-state index contributed by atoms with van der Waals surface area (Å²) >= 11 is 1.58. The minimum atomic E-state index is -0.692. The predicted molar refractivity (Wildman–Crippen MR) is 251 cm³/mol. The van der Waals surface area contributed by atoms with Gasteiger partial charge in [-0.1, -0.05) is 53.8 Å². The van der Waals surface area contributed by atoms with Crippen LogP contribution in [0, 0.1) is 0 Å². The summed E-state index contributed by atoms with van der Waals surface area (Å²) in [5.74, 6) is 0.936. The largest absolute Gasteiger partial charge is 0.438 e. The van der Waals surface area contributed by atoms with Crippen LogP contribution in [0.5, 0.6) is 23.3 Å². The lowest BCUT2D eigenvalue weighted by Crippen LogP contribution is -2.38. The first-order valence-corrected chi connectivity index (χ1v) is 21.5. The van der Waals surface area contributed by atoms with Crippen LogP contribution >= 0.6 is 11.3 Å². The summed E-state index contributed by atoms with van der Waals surface area (Å²) in [5, 5.41) is 8.19. The van der Waals surface area contributed by atoms with Gasteiger partial charge in [-0.05, 0) is 122 Å². The number of ether oxygens (including phenoxy) is 3. The van der Waals surface area contributed by atoms with Crippen molar-refractivity contribution in [2.75, 3.05) is 12.4 Å². The lowest BCUT2D eigenvalue weighted by molar-refractivity contribution is 0.0618. The first kappa shape index (κ1) is 40.7. The average molecular weight is 875 g/mol. The number of nitrogens with zero attached hydrogens (tertiary/aromatic N) is 5. The zero-order valence-electron chi connectivity index (χ0n) is 34.9. The number of pyridine rings is 3. The number of para-hydroxylation sites is 3. The van der Waals surface area contributed by atoms with Crippen LogP contribution in [0.4, 0.5) is 10.8 Å². The van der Waals surface area contributed by atoms with Gasteiger partial charge in [0.25, 0.3) is 5.91 Å². The highest BCUT2D eigenvalue weighted by Crippen LogP contribution is 2.38. The van der Waals surface area contributed by atoms with Crippen molar-refractivity contribution in [2.24, 2.45) is 0 Å². The van der Waals surface area contributed by atoms with Gasteiger partial charge >= 0.3 is 0 Å². The summed E-state index contributed by atoms with van der Waals surface area (Å²) in [6.45, 7) is 1.84. The molecule has 13 nitrogen and oxygen atoms in total. The Kier molecular flexibility index (Phi) is 11.2. The third kappa shape index (κ3) is 8.58. The standard InChI is InChI=1S/C51H38N8O5S/c1-30(54-48(61)38-12-9-29-53-49(38)63-33-22-18-31(19-23-33)45(60)47-56-40-13-3-4-14-41(40)57-47)46(62-2)43-27-26-37(35-10-7-16-39-36(35)11-8-28-52-39)50(58-43)64-34-24-20-32(21-25-34)55-51-59-42-15-5-6-17-44(42)65-51/h3-30,46H,1-2H3,(H,54,61)(H,55,59)(H,56,57)/t30-,46?/m0/s1. The molecule has 5 aromatic carbocycles. The number of methoxy groups -OCH3 is 1. The first-order valence-electron chi connectivity index (χ1n) is 20.7. The van der Waals surface area contributed by atoms with E-state index in [2.05, 4.69) is 30.6 Å². The van der Waals surface area contributed by atoms with E-state index in [4.69, 9.17) is 24.2 Å². The molecule has 5 aromatic heterocycles. The van der Waals surface area contributed by atoms with Gasteiger partial charge in [0.15, 0.2) is 11.0 Å². The second-order valence-corrected chi connectivity index (χ2v) is 16.1. The minimum absolute atomic E-state index is 0.0894. The molecule has 1 amide bonds. The number of benzene rings is 5. The topological polar surface area (TPSA) is 166 Å². The van der Waals surface area contributed by atoms with Crippen LogP contribution in [0.25, 0.3) is 43.3 Å². The van der Waals surface area contributed by atoms with Crippen LogP contribution in [0.3, 0.4) is 0 Å². The smallest absolute Gasteiger partial charge is 0.257 e. The van der Waals surface area contributed by atoms with Crippen molar-refractivity contribution in [1.29, 1.82) is 0 Å². The SMILES string of the molecule is COC(c1ccc(-c2cccc3ncccc23)c(Oc2ccc(Nc3nc4ccccc4s3)cc2)n1)[C@H](C)NC(=O)c1cccnc1Oc1ccc(C(=O)c2nc3ccccc3[nH]2)cc1. The van der Waals surface area contributed by atoms with Crippen molar-refractivity contribution >= 4 is 66.0 Å². The van der Waals surface area contributed by atoms with E-state index in [9.17, 15) is 9.59 Å². The van der Waals surface area contributed by atoms with Crippen molar-refractivity contribution < 1.29 is 23.8 Å². The number of H-pyrrole nitrogens is 1. The maximum Gasteiger partial charge on any atom is 0.257 e. The zero-order valence-corrected chi connectivity index (χ0v) is 35.7. The fourth-order valence-corrected chi connectivity index (χ4v) is 8.46. The number of fused-ring (bicyclic) bond motifs is 3. The Bertz CT molecular complexity index is 3280. The Labute approximate surface area is 376 Å². The number of thiazole rings is 1. The van der Waals surface area contributed by atoms with E-state index in [1.54, 1.807) is 67.2 Å². The van der Waals surface area contributed by atoms with Crippen LogP contribution in [0.15, 0.2) is 164 Å². The number of carbonyl (C=O) groups is 2. The Hall–Kier alpha value is -8.33. The number of amides is 1. The molecule has 0 saturated carbocycles. The van der Waals surface area contributed by atoms with Crippen molar-refractivity contribution in [3.05, 3.63) is 187 Å². The van der Waals surface area contributed by atoms with E-state index < -0.39 is 18.1 Å². The van der Waals surface area contributed by atoms with Gasteiger partial charge in [-0.2, -0.15) is 0 Å². The monoisotopic (exact) mass is 874 g/mol. The van der Waals surface area contributed by atoms with E-state index in [0.717, 1.165) is 48.6 Å². The fourth-order valence-electron chi connectivity index (χ4n) is 7.57. The first-order chi connectivity index (χ1) is 31.9. The third-order valence-corrected chi connectivity index (χ3v) is 11.7. The van der Waals surface area contributed by atoms with Gasteiger partial charge in [-0.25, -0.2) is 19.9 Å². The molecule has 65 heavy (non-hydrogen) atoms. The van der Waals surface area contributed by atoms with Crippen LogP contribution < -0.4 is 20.1 Å². The van der Waals surface area contributed by atoms with Crippen LogP contribution in [-0.2, 0) is 4.74 Å². The molecular weight excluding hydrogens is 837 g/mol. The maximum atomic E-state index is 14.0. The zero-order chi connectivity index (χ0) is 44.3. The van der Waals surface area contributed by atoms with Crippen LogP contribution in [0.1, 0.15) is 45.3 Å². The number of nitrogens with one attached hydrogen (secondary N) is 3. The van der Waals surface area contributed by atoms with E-state index in [1.807, 2.05) is 122 Å². The van der Waals surface area contributed by atoms with Gasteiger partial charge in [0, 0.05) is 41.7 Å². The van der Waals surface area contributed by atoms with Gasteiger partial charge in [0.2, 0.25) is 17.5 Å². The van der Waals surface area contributed by atoms with Crippen LogP contribution in [-0.4, -0.2) is 54.7 Å². The molecule has 0 aliphatic carbocycles. The second-order valence-electron chi connectivity index (χ2n) is 15.0. The van der Waals surface area contributed by atoms with E-state index in [0.29, 0.717) is 34.2 Å². The summed E-state index contributed by atoms with van der Waals surface area (Å²) in [6.07, 6.45) is 2.61. The summed E-state index contributed by atoms with van der Waals surface area (Å²) in [6, 6.07) is 46.0. The lowest BCUT2D eigenvalue weighted by atomic mass is 10.00. The van der Waals surface area contributed by atoms with E-state index >= 15 is 0 Å². The van der Waals surface area contributed by atoms with Gasteiger partial charge in [-0.3, -0.25) is 14.6 Å². The number of imidazole rings is 1. The van der Waals surface area contributed by atoms with Crippen molar-refractivity contribution in [1.82, 2.24) is 35.2 Å². The highest BCUT2D eigenvalue weighted by molar-refractivity contribution is 7.22. The summed E-state index contributed by atoms with van der Waals surface area (Å²) in [5.41, 5.74) is 6.92. The molecule has 10 rings (SSSR count). The molecule has 10 aromatic rings. The molecular formula is C51H38N8O5S. The Balaban J connectivity index is 0.878. The Morgan fingerprint density at radius 2 is 1.37 bits per heavy atom. The number of hydrogen-bond acceptors (Lipinski definition) is 12. The molecule has 14 heteroatoms. The van der Waals surface area contributed by atoms with E-state index in [-0.39, 0.29) is 23.1 Å². The number of anilines is 2. The predicted octanol–water partition coefficient (Wildman–Crippen LogP) is 11.2.